The molecule has 0 spiro atoms. The van der Waals surface area contributed by atoms with Crippen molar-refractivity contribution in [2.45, 2.75) is 80.6 Å². The van der Waals surface area contributed by atoms with Gasteiger partial charge in [-0.25, -0.2) is 0 Å². The molecule has 0 fully saturated rings. The lowest BCUT2D eigenvalue weighted by Crippen LogP contribution is -2.36. The second kappa shape index (κ2) is 10.5. The fourth-order valence-corrected chi connectivity index (χ4v) is 3.95. The molecule has 0 saturated heterocycles. The number of esters is 2. The molecule has 2 atom stereocenters. The van der Waals surface area contributed by atoms with Crippen LogP contribution in [0.25, 0.3) is 0 Å². The van der Waals surface area contributed by atoms with Crippen molar-refractivity contribution in [1.29, 1.82) is 0 Å². The summed E-state index contributed by atoms with van der Waals surface area (Å²) in [4.78, 5) is 24.9. The van der Waals surface area contributed by atoms with E-state index in [9.17, 15) is 9.59 Å². The van der Waals surface area contributed by atoms with E-state index in [2.05, 4.69) is 58.9 Å². The van der Waals surface area contributed by atoms with Crippen molar-refractivity contribution in [3.63, 3.8) is 0 Å². The summed E-state index contributed by atoms with van der Waals surface area (Å²) in [6, 6.07) is 10.5. The third kappa shape index (κ3) is 7.77. The minimum Gasteiger partial charge on any atom is -0.469 e. The molecule has 0 amide bonds. The van der Waals surface area contributed by atoms with Crippen molar-refractivity contribution in [2.75, 3.05) is 13.7 Å². The van der Waals surface area contributed by atoms with Crippen LogP contribution in [0.2, 0.25) is 0 Å². The van der Waals surface area contributed by atoms with Crippen LogP contribution in [-0.4, -0.2) is 25.7 Å². The molecule has 30 heavy (non-hydrogen) atoms. The zero-order valence-electron chi connectivity index (χ0n) is 20.5. The Labute approximate surface area is 183 Å². The van der Waals surface area contributed by atoms with E-state index in [1.807, 2.05) is 26.8 Å². The van der Waals surface area contributed by atoms with Crippen molar-refractivity contribution >= 4 is 11.9 Å². The molecular formula is C26H42O4. The lowest BCUT2D eigenvalue weighted by Gasteiger charge is -2.39. The van der Waals surface area contributed by atoms with Crippen molar-refractivity contribution in [2.24, 2.45) is 22.2 Å². The number of ether oxygens (including phenoxy) is 2. The summed E-state index contributed by atoms with van der Waals surface area (Å²) < 4.78 is 10.7. The molecule has 1 aromatic rings. The van der Waals surface area contributed by atoms with Crippen LogP contribution in [0.4, 0.5) is 0 Å². The normalized spacial score (nSPS) is 14.7. The molecule has 0 heterocycles. The highest BCUT2D eigenvalue weighted by Gasteiger charge is 2.39. The highest BCUT2D eigenvalue weighted by atomic mass is 16.5. The highest BCUT2D eigenvalue weighted by Crippen LogP contribution is 2.44. The van der Waals surface area contributed by atoms with Crippen LogP contribution in [-0.2, 0) is 19.1 Å². The predicted molar refractivity (Wildman–Crippen MR) is 122 cm³/mol. The number of methoxy groups -OCH3 is 1. The molecule has 1 rings (SSSR count). The molecule has 0 aliphatic carbocycles. The SMILES string of the molecule is CCC(CC(C)(C)C(=O)OCC(C)(C)C(CC(C)(C)C)c1ccccc1)C(=O)OC. The second-order valence-electron chi connectivity index (χ2n) is 11.0. The average Bonchev–Trinajstić information content (AvgIpc) is 2.67. The molecule has 2 unspecified atom stereocenters. The molecule has 0 aliphatic heterocycles. The summed E-state index contributed by atoms with van der Waals surface area (Å²) in [7, 11) is 1.39. The van der Waals surface area contributed by atoms with Crippen LogP contribution in [0.15, 0.2) is 30.3 Å². The Bertz CT molecular complexity index is 683. The molecule has 0 N–H and O–H groups in total. The van der Waals surface area contributed by atoms with Gasteiger partial charge in [0.2, 0.25) is 0 Å². The van der Waals surface area contributed by atoms with E-state index in [4.69, 9.17) is 9.47 Å². The number of rotatable bonds is 10. The van der Waals surface area contributed by atoms with Gasteiger partial charge in [-0.05, 0) is 50.0 Å². The van der Waals surface area contributed by atoms with E-state index in [-0.39, 0.29) is 34.6 Å². The van der Waals surface area contributed by atoms with Crippen LogP contribution < -0.4 is 0 Å². The zero-order chi connectivity index (χ0) is 23.2. The van der Waals surface area contributed by atoms with Gasteiger partial charge in [-0.2, -0.15) is 0 Å². The molecule has 0 bridgehead atoms. The van der Waals surface area contributed by atoms with E-state index in [1.165, 1.54) is 12.7 Å². The fraction of sp³-hybridized carbons (Fsp3) is 0.692. The average molecular weight is 419 g/mol. The van der Waals surface area contributed by atoms with Crippen molar-refractivity contribution in [1.82, 2.24) is 0 Å². The number of carbonyl (C=O) groups is 2. The third-order valence-electron chi connectivity index (χ3n) is 5.87. The van der Waals surface area contributed by atoms with E-state index in [1.54, 1.807) is 0 Å². The Morgan fingerprint density at radius 1 is 0.933 bits per heavy atom. The van der Waals surface area contributed by atoms with Crippen LogP contribution in [0.5, 0.6) is 0 Å². The maximum atomic E-state index is 12.9. The Kier molecular flexibility index (Phi) is 9.13. The van der Waals surface area contributed by atoms with E-state index >= 15 is 0 Å². The Morgan fingerprint density at radius 3 is 1.97 bits per heavy atom. The smallest absolute Gasteiger partial charge is 0.311 e. The highest BCUT2D eigenvalue weighted by molar-refractivity contribution is 5.78. The lowest BCUT2D eigenvalue weighted by atomic mass is 9.68. The van der Waals surface area contributed by atoms with Crippen molar-refractivity contribution in [3.05, 3.63) is 35.9 Å². The first-order valence-corrected chi connectivity index (χ1v) is 11.0. The summed E-state index contributed by atoms with van der Waals surface area (Å²) >= 11 is 0. The van der Waals surface area contributed by atoms with Gasteiger partial charge in [0.05, 0.1) is 25.0 Å². The standard InChI is InChI=1S/C26H42O4/c1-10-19(22(27)29-9)16-25(5,6)23(28)30-18-26(7,8)21(17-24(2,3)4)20-14-12-11-13-15-20/h11-15,19,21H,10,16-18H2,1-9H3. The Balaban J connectivity index is 2.94. The van der Waals surface area contributed by atoms with Gasteiger partial charge in [-0.3, -0.25) is 9.59 Å². The number of carbonyl (C=O) groups excluding carboxylic acids is 2. The number of hydrogen-bond acceptors (Lipinski definition) is 4. The van der Waals surface area contributed by atoms with Gasteiger partial charge in [0.15, 0.2) is 0 Å². The fourth-order valence-electron chi connectivity index (χ4n) is 3.95. The van der Waals surface area contributed by atoms with E-state index < -0.39 is 5.41 Å². The molecule has 4 heteroatoms. The second-order valence-corrected chi connectivity index (χ2v) is 11.0. The zero-order valence-corrected chi connectivity index (χ0v) is 20.5. The maximum Gasteiger partial charge on any atom is 0.311 e. The molecule has 0 saturated carbocycles. The minimum atomic E-state index is -0.753. The summed E-state index contributed by atoms with van der Waals surface area (Å²) in [5.74, 6) is -0.579. The van der Waals surface area contributed by atoms with Crippen LogP contribution >= 0.6 is 0 Å². The number of benzene rings is 1. The van der Waals surface area contributed by atoms with E-state index in [0.29, 0.717) is 19.4 Å². The van der Waals surface area contributed by atoms with E-state index in [0.717, 1.165) is 6.42 Å². The van der Waals surface area contributed by atoms with Crippen molar-refractivity contribution in [3.8, 4) is 0 Å². The van der Waals surface area contributed by atoms with Crippen molar-refractivity contribution < 1.29 is 19.1 Å². The summed E-state index contributed by atoms with van der Waals surface area (Å²) in [5, 5.41) is 0. The predicted octanol–water partition coefficient (Wildman–Crippen LogP) is 6.39. The molecule has 0 radical (unpaired) electrons. The first-order valence-electron chi connectivity index (χ1n) is 11.0. The third-order valence-corrected chi connectivity index (χ3v) is 5.87. The van der Waals surface area contributed by atoms with Gasteiger partial charge in [0, 0.05) is 5.41 Å². The number of hydrogen-bond donors (Lipinski definition) is 0. The van der Waals surface area contributed by atoms with Gasteiger partial charge in [0.25, 0.3) is 0 Å². The monoisotopic (exact) mass is 418 g/mol. The van der Waals surface area contributed by atoms with Gasteiger partial charge < -0.3 is 9.47 Å². The molecule has 0 aliphatic rings. The molecule has 0 aromatic heterocycles. The van der Waals surface area contributed by atoms with Gasteiger partial charge >= 0.3 is 11.9 Å². The van der Waals surface area contributed by atoms with Crippen LogP contribution in [0, 0.1) is 22.2 Å². The molecule has 1 aromatic carbocycles. The first kappa shape index (κ1) is 26.2. The van der Waals surface area contributed by atoms with Gasteiger partial charge in [0.1, 0.15) is 0 Å². The summed E-state index contributed by atoms with van der Waals surface area (Å²) in [6.07, 6.45) is 2.04. The first-order chi connectivity index (χ1) is 13.7. The lowest BCUT2D eigenvalue weighted by molar-refractivity contribution is -0.160. The summed E-state index contributed by atoms with van der Waals surface area (Å²) in [5.41, 5.74) is 0.435. The summed E-state index contributed by atoms with van der Waals surface area (Å²) in [6.45, 7) is 17.0. The Morgan fingerprint density at radius 2 is 1.50 bits per heavy atom. The largest absolute Gasteiger partial charge is 0.469 e. The van der Waals surface area contributed by atoms with Gasteiger partial charge in [-0.15, -0.1) is 0 Å². The molecule has 4 nitrogen and oxygen atoms in total. The topological polar surface area (TPSA) is 52.6 Å². The molecule has 170 valence electrons. The quantitative estimate of drug-likeness (QED) is 0.413. The van der Waals surface area contributed by atoms with Gasteiger partial charge in [-0.1, -0.05) is 71.9 Å². The minimum absolute atomic E-state index is 0.149. The van der Waals surface area contributed by atoms with Crippen LogP contribution in [0.1, 0.15) is 86.1 Å². The van der Waals surface area contributed by atoms with Crippen LogP contribution in [0.3, 0.4) is 0 Å². The Hall–Kier alpha value is -1.84. The molecular weight excluding hydrogens is 376 g/mol. The maximum absolute atomic E-state index is 12.9.